The summed E-state index contributed by atoms with van der Waals surface area (Å²) in [5, 5.41) is 4.75. The second kappa shape index (κ2) is 9.53. The summed E-state index contributed by atoms with van der Waals surface area (Å²) in [4.78, 5) is 29.6. The third-order valence-electron chi connectivity index (χ3n) is 6.06. The molecule has 0 fully saturated rings. The summed E-state index contributed by atoms with van der Waals surface area (Å²) < 4.78 is 26.9. The van der Waals surface area contributed by atoms with Gasteiger partial charge in [-0.25, -0.2) is 9.37 Å². The van der Waals surface area contributed by atoms with Crippen molar-refractivity contribution in [2.75, 3.05) is 7.11 Å². The molecule has 8 heteroatoms. The number of aryl methyl sites for hydroxylation is 1. The van der Waals surface area contributed by atoms with E-state index in [0.29, 0.717) is 33.8 Å². The fourth-order valence-corrected chi connectivity index (χ4v) is 4.13. The van der Waals surface area contributed by atoms with Crippen LogP contribution in [0.5, 0.6) is 5.88 Å². The van der Waals surface area contributed by atoms with Crippen LogP contribution >= 0.6 is 0 Å². The number of carbonyl (C=O) groups is 1. The highest BCUT2D eigenvalue weighted by Crippen LogP contribution is 2.32. The maximum Gasteiger partial charge on any atom is 0.302 e. The molecule has 0 amide bonds. The number of pyridine rings is 1. The Morgan fingerprint density at radius 1 is 1.11 bits per heavy atom. The van der Waals surface area contributed by atoms with E-state index in [1.165, 1.54) is 26.3 Å². The number of aromatic nitrogens is 3. The lowest BCUT2D eigenvalue weighted by molar-refractivity contribution is -0.142. The predicted octanol–water partition coefficient (Wildman–Crippen LogP) is 5.26. The number of nitrogens with zero attached hydrogens (tertiary/aromatic N) is 3. The summed E-state index contributed by atoms with van der Waals surface area (Å²) in [6.07, 6.45) is 1.48. The van der Waals surface area contributed by atoms with Crippen LogP contribution in [0.25, 0.3) is 27.6 Å². The second-order valence-electron chi connectivity index (χ2n) is 9.60. The van der Waals surface area contributed by atoms with Crippen molar-refractivity contribution < 1.29 is 18.7 Å². The first kappa shape index (κ1) is 25.0. The van der Waals surface area contributed by atoms with Gasteiger partial charge < -0.3 is 9.47 Å². The minimum Gasteiger partial charge on any atom is -0.481 e. The Morgan fingerprint density at radius 3 is 2.50 bits per heavy atom. The summed E-state index contributed by atoms with van der Waals surface area (Å²) in [6.45, 7) is 8.97. The molecule has 0 spiro atoms. The normalized spacial score (nSPS) is 11.5. The summed E-state index contributed by atoms with van der Waals surface area (Å²) in [6, 6.07) is 12.1. The molecular formula is C28H28FN3O4. The quantitative estimate of drug-likeness (QED) is 0.356. The van der Waals surface area contributed by atoms with Gasteiger partial charge >= 0.3 is 5.97 Å². The molecule has 4 rings (SSSR count). The smallest absolute Gasteiger partial charge is 0.302 e. The minimum atomic E-state index is -0.605. The van der Waals surface area contributed by atoms with Crippen molar-refractivity contribution in [3.05, 3.63) is 81.7 Å². The number of methoxy groups -OCH3 is 1. The first-order valence-corrected chi connectivity index (χ1v) is 11.5. The summed E-state index contributed by atoms with van der Waals surface area (Å²) in [5.41, 5.74) is 2.98. The van der Waals surface area contributed by atoms with Gasteiger partial charge in [-0.1, -0.05) is 32.9 Å². The molecule has 0 bridgehead atoms. The summed E-state index contributed by atoms with van der Waals surface area (Å²) >= 11 is 0. The van der Waals surface area contributed by atoms with E-state index in [9.17, 15) is 9.59 Å². The van der Waals surface area contributed by atoms with Gasteiger partial charge in [0.25, 0.3) is 5.56 Å². The van der Waals surface area contributed by atoms with Crippen LogP contribution in [0.2, 0.25) is 0 Å². The van der Waals surface area contributed by atoms with Gasteiger partial charge in [0, 0.05) is 35.2 Å². The van der Waals surface area contributed by atoms with Gasteiger partial charge in [0.05, 0.1) is 24.4 Å². The monoisotopic (exact) mass is 489 g/mol. The van der Waals surface area contributed by atoms with Gasteiger partial charge in [-0.3, -0.25) is 9.59 Å². The minimum absolute atomic E-state index is 0.0517. The molecule has 2 aromatic heterocycles. The van der Waals surface area contributed by atoms with Gasteiger partial charge in [-0.2, -0.15) is 9.78 Å². The highest BCUT2D eigenvalue weighted by atomic mass is 19.1. The third-order valence-corrected chi connectivity index (χ3v) is 6.06. The topological polar surface area (TPSA) is 83.3 Å². The Kier molecular flexibility index (Phi) is 6.63. The fraction of sp³-hybridized carbons (Fsp3) is 0.286. The summed E-state index contributed by atoms with van der Waals surface area (Å²) in [7, 11) is 1.54. The van der Waals surface area contributed by atoms with Crippen LogP contribution in [0, 0.1) is 12.7 Å². The highest BCUT2D eigenvalue weighted by Gasteiger charge is 2.21. The van der Waals surface area contributed by atoms with Crippen molar-refractivity contribution >= 4 is 16.7 Å². The van der Waals surface area contributed by atoms with Crippen LogP contribution in [-0.4, -0.2) is 27.8 Å². The number of ether oxygens (including phenoxy) is 2. The maximum atomic E-state index is 15.2. The molecule has 36 heavy (non-hydrogen) atoms. The zero-order valence-electron chi connectivity index (χ0n) is 21.2. The Balaban J connectivity index is 1.96. The van der Waals surface area contributed by atoms with E-state index in [0.717, 1.165) is 15.8 Å². The predicted molar refractivity (Wildman–Crippen MR) is 136 cm³/mol. The molecule has 7 nitrogen and oxygen atoms in total. The Bertz CT molecular complexity index is 1540. The number of rotatable bonds is 5. The number of halogens is 1. The average Bonchev–Trinajstić information content (AvgIpc) is 2.82. The molecule has 0 aliphatic heterocycles. The van der Waals surface area contributed by atoms with Crippen LogP contribution in [0.1, 0.15) is 44.5 Å². The lowest BCUT2D eigenvalue weighted by Crippen LogP contribution is -2.24. The van der Waals surface area contributed by atoms with Gasteiger partial charge in [-0.15, -0.1) is 0 Å². The molecule has 0 aliphatic rings. The van der Waals surface area contributed by atoms with Crippen molar-refractivity contribution in [2.45, 2.75) is 46.6 Å². The molecule has 2 heterocycles. The lowest BCUT2D eigenvalue weighted by Gasteiger charge is -2.20. The molecule has 2 aromatic carbocycles. The number of hydrogen-bond donors (Lipinski definition) is 0. The Hall–Kier alpha value is -4.07. The van der Waals surface area contributed by atoms with E-state index in [4.69, 9.17) is 9.47 Å². The number of benzene rings is 2. The van der Waals surface area contributed by atoms with E-state index in [-0.39, 0.29) is 17.4 Å². The first-order chi connectivity index (χ1) is 17.0. The fourth-order valence-electron chi connectivity index (χ4n) is 4.13. The zero-order chi connectivity index (χ0) is 26.2. The zero-order valence-corrected chi connectivity index (χ0v) is 21.2. The molecule has 0 atom stereocenters. The first-order valence-electron chi connectivity index (χ1n) is 11.5. The number of hydrogen-bond acceptors (Lipinski definition) is 6. The van der Waals surface area contributed by atoms with Crippen LogP contribution in [0.15, 0.2) is 53.5 Å². The molecule has 0 aliphatic carbocycles. The average molecular weight is 490 g/mol. The van der Waals surface area contributed by atoms with E-state index in [1.54, 1.807) is 24.3 Å². The molecule has 0 saturated heterocycles. The van der Waals surface area contributed by atoms with E-state index >= 15 is 4.39 Å². The van der Waals surface area contributed by atoms with Crippen LogP contribution in [0.3, 0.4) is 0 Å². The van der Waals surface area contributed by atoms with Gasteiger partial charge in [0.1, 0.15) is 12.4 Å². The highest BCUT2D eigenvalue weighted by molar-refractivity contribution is 5.83. The standard InChI is InChI=1S/C28H28FN3O4/c1-16-20(10-11-25(31-16)35-6)21-8-7-9-24(22(21)15-36-17(2)33)32-27(34)26-18(14-30-32)12-19(13-23(26)29)28(3,4)5/h7-14H,15H2,1-6H3. The molecular weight excluding hydrogens is 461 g/mol. The largest absolute Gasteiger partial charge is 0.481 e. The van der Waals surface area contributed by atoms with Gasteiger partial charge in [0.2, 0.25) is 5.88 Å². The van der Waals surface area contributed by atoms with E-state index in [2.05, 4.69) is 10.1 Å². The Labute approximate surface area is 208 Å². The Morgan fingerprint density at radius 2 is 1.86 bits per heavy atom. The SMILES string of the molecule is COc1ccc(-c2cccc(-n3ncc4cc(C(C)(C)C)cc(F)c4c3=O)c2COC(C)=O)c(C)n1. The number of carbonyl (C=O) groups excluding carboxylic acids is 1. The van der Waals surface area contributed by atoms with Crippen LogP contribution in [0.4, 0.5) is 4.39 Å². The van der Waals surface area contributed by atoms with Gasteiger partial charge in [-0.05, 0) is 47.7 Å². The summed E-state index contributed by atoms with van der Waals surface area (Å²) in [5.74, 6) is -0.613. The van der Waals surface area contributed by atoms with Crippen LogP contribution in [-0.2, 0) is 21.6 Å². The van der Waals surface area contributed by atoms with Crippen molar-refractivity contribution in [2.24, 2.45) is 0 Å². The van der Waals surface area contributed by atoms with Gasteiger partial charge in [0.15, 0.2) is 0 Å². The van der Waals surface area contributed by atoms with Crippen molar-refractivity contribution in [3.63, 3.8) is 0 Å². The van der Waals surface area contributed by atoms with Crippen molar-refractivity contribution in [1.29, 1.82) is 0 Å². The molecule has 0 saturated carbocycles. The van der Waals surface area contributed by atoms with Crippen LogP contribution < -0.4 is 10.3 Å². The lowest BCUT2D eigenvalue weighted by atomic mass is 9.86. The van der Waals surface area contributed by atoms with Crippen molar-refractivity contribution in [1.82, 2.24) is 14.8 Å². The second-order valence-corrected chi connectivity index (χ2v) is 9.60. The molecule has 0 unspecified atom stereocenters. The van der Waals surface area contributed by atoms with E-state index in [1.807, 2.05) is 39.8 Å². The molecule has 186 valence electrons. The molecule has 4 aromatic rings. The molecule has 0 radical (unpaired) electrons. The van der Waals surface area contributed by atoms with Crippen molar-refractivity contribution in [3.8, 4) is 22.7 Å². The number of esters is 1. The third kappa shape index (κ3) is 4.71. The maximum absolute atomic E-state index is 15.2. The van der Waals surface area contributed by atoms with E-state index < -0.39 is 17.3 Å². The number of fused-ring (bicyclic) bond motifs is 1. The molecule has 0 N–H and O–H groups in total.